The highest BCUT2D eigenvalue weighted by molar-refractivity contribution is 5.72. The summed E-state index contributed by atoms with van der Waals surface area (Å²) in [6.07, 6.45) is 6.19. The highest BCUT2D eigenvalue weighted by atomic mass is 16.5. The van der Waals surface area contributed by atoms with E-state index in [9.17, 15) is 0 Å². The maximum atomic E-state index is 6.58. The first-order chi connectivity index (χ1) is 15.0. The van der Waals surface area contributed by atoms with Gasteiger partial charge in [0.15, 0.2) is 0 Å². The number of unbranched alkanes of at least 4 members (excludes halogenated alkanes) is 3. The summed E-state index contributed by atoms with van der Waals surface area (Å²) in [5, 5.41) is 0. The summed E-state index contributed by atoms with van der Waals surface area (Å²) in [5.74, 6) is 1.53. The molecule has 0 fully saturated rings. The Labute approximate surface area is 189 Å². The summed E-state index contributed by atoms with van der Waals surface area (Å²) < 4.78 is 6.58. The molecule has 1 atom stereocenters. The Morgan fingerprint density at radius 2 is 1.39 bits per heavy atom. The molecule has 0 saturated heterocycles. The van der Waals surface area contributed by atoms with E-state index < -0.39 is 0 Å². The van der Waals surface area contributed by atoms with Crippen molar-refractivity contribution in [1.82, 2.24) is 0 Å². The second kappa shape index (κ2) is 11.2. The zero-order chi connectivity index (χ0) is 22.2. The second-order valence-electron chi connectivity index (χ2n) is 9.08. The largest absolute Gasteiger partial charge is 0.486 e. The number of rotatable bonds is 10. The van der Waals surface area contributed by atoms with Crippen molar-refractivity contribution in [1.29, 1.82) is 0 Å². The first-order valence-corrected chi connectivity index (χ1v) is 11.9. The van der Waals surface area contributed by atoms with Gasteiger partial charge in [-0.2, -0.15) is 0 Å². The Morgan fingerprint density at radius 3 is 1.97 bits per heavy atom. The summed E-state index contributed by atoms with van der Waals surface area (Å²) in [6, 6.07) is 24.1. The van der Waals surface area contributed by atoms with Crippen molar-refractivity contribution in [3.63, 3.8) is 0 Å². The smallest absolute Gasteiger partial charge is 0.124 e. The van der Waals surface area contributed by atoms with Crippen LogP contribution in [0.4, 0.5) is 0 Å². The molecule has 3 aromatic rings. The highest BCUT2D eigenvalue weighted by Crippen LogP contribution is 2.34. The molecule has 0 aliphatic carbocycles. The van der Waals surface area contributed by atoms with E-state index in [-0.39, 0.29) is 6.10 Å². The van der Waals surface area contributed by atoms with Crippen LogP contribution in [0, 0.1) is 13.8 Å². The standard InChI is InChI=1S/C30H38O/c1-6-7-8-12-15-29(26-13-10-9-11-14-26)31-28-20-23(4)30(24(5)21-28)27-18-16-25(17-19-27)22(2)3/h9-11,13-14,16-22,29H,6-8,12,15H2,1-5H3. The van der Waals surface area contributed by atoms with Crippen LogP contribution in [0.5, 0.6) is 5.75 Å². The molecule has 0 radical (unpaired) electrons. The fourth-order valence-electron chi connectivity index (χ4n) is 4.36. The van der Waals surface area contributed by atoms with Crippen molar-refractivity contribution in [3.05, 3.63) is 89.0 Å². The lowest BCUT2D eigenvalue weighted by Gasteiger charge is -2.22. The molecule has 0 N–H and O–H groups in total. The Hall–Kier alpha value is -2.54. The van der Waals surface area contributed by atoms with E-state index in [1.165, 1.54) is 59.1 Å². The molecule has 0 aromatic heterocycles. The first kappa shape index (κ1) is 23.1. The molecule has 164 valence electrons. The summed E-state index contributed by atoms with van der Waals surface area (Å²) in [6.45, 7) is 11.1. The average Bonchev–Trinajstić information content (AvgIpc) is 2.76. The lowest BCUT2D eigenvalue weighted by atomic mass is 9.93. The van der Waals surface area contributed by atoms with Crippen LogP contribution in [0.15, 0.2) is 66.7 Å². The van der Waals surface area contributed by atoms with Crippen molar-refractivity contribution in [2.45, 2.75) is 78.7 Å². The Balaban J connectivity index is 1.82. The van der Waals surface area contributed by atoms with Crippen LogP contribution >= 0.6 is 0 Å². The van der Waals surface area contributed by atoms with Crippen LogP contribution in [-0.4, -0.2) is 0 Å². The van der Waals surface area contributed by atoms with Gasteiger partial charge in [0.25, 0.3) is 0 Å². The average molecular weight is 415 g/mol. The molecule has 0 heterocycles. The summed E-state index contributed by atoms with van der Waals surface area (Å²) >= 11 is 0. The van der Waals surface area contributed by atoms with Gasteiger partial charge in [-0.25, -0.2) is 0 Å². The van der Waals surface area contributed by atoms with E-state index in [1.807, 2.05) is 0 Å². The van der Waals surface area contributed by atoms with Gasteiger partial charge in [0, 0.05) is 0 Å². The van der Waals surface area contributed by atoms with Gasteiger partial charge in [0.2, 0.25) is 0 Å². The van der Waals surface area contributed by atoms with Crippen LogP contribution in [0.25, 0.3) is 11.1 Å². The number of benzene rings is 3. The zero-order valence-electron chi connectivity index (χ0n) is 19.9. The molecule has 0 aliphatic heterocycles. The second-order valence-corrected chi connectivity index (χ2v) is 9.08. The molecule has 0 aliphatic rings. The van der Waals surface area contributed by atoms with E-state index in [1.54, 1.807) is 0 Å². The molecule has 3 aromatic carbocycles. The van der Waals surface area contributed by atoms with Gasteiger partial charge in [-0.05, 0) is 78.1 Å². The maximum Gasteiger partial charge on any atom is 0.124 e. The molecule has 0 bridgehead atoms. The molecule has 31 heavy (non-hydrogen) atoms. The van der Waals surface area contributed by atoms with Crippen molar-refractivity contribution in [2.75, 3.05) is 0 Å². The topological polar surface area (TPSA) is 9.23 Å². The maximum absolute atomic E-state index is 6.58. The van der Waals surface area contributed by atoms with E-state index >= 15 is 0 Å². The highest BCUT2D eigenvalue weighted by Gasteiger charge is 2.15. The molecule has 1 heteroatoms. The van der Waals surface area contributed by atoms with E-state index in [4.69, 9.17) is 4.74 Å². The Bertz CT molecular complexity index is 915. The predicted molar refractivity (Wildman–Crippen MR) is 134 cm³/mol. The molecule has 3 rings (SSSR count). The number of ether oxygens (including phenoxy) is 1. The van der Waals surface area contributed by atoms with Gasteiger partial charge in [-0.3, -0.25) is 0 Å². The number of aryl methyl sites for hydroxylation is 2. The van der Waals surface area contributed by atoms with Crippen LogP contribution in [0.1, 0.15) is 87.2 Å². The van der Waals surface area contributed by atoms with E-state index in [0.717, 1.165) is 12.2 Å². The van der Waals surface area contributed by atoms with E-state index in [2.05, 4.69) is 101 Å². The third-order valence-electron chi connectivity index (χ3n) is 6.14. The minimum Gasteiger partial charge on any atom is -0.486 e. The number of hydrogen-bond acceptors (Lipinski definition) is 1. The quantitative estimate of drug-likeness (QED) is 0.300. The van der Waals surface area contributed by atoms with Gasteiger partial charge in [-0.15, -0.1) is 0 Å². The summed E-state index contributed by atoms with van der Waals surface area (Å²) in [4.78, 5) is 0. The van der Waals surface area contributed by atoms with Crippen molar-refractivity contribution < 1.29 is 4.74 Å². The van der Waals surface area contributed by atoms with Crippen LogP contribution in [0.3, 0.4) is 0 Å². The lowest BCUT2D eigenvalue weighted by molar-refractivity contribution is 0.190. The Kier molecular flexibility index (Phi) is 8.35. The fraction of sp³-hybridized carbons (Fsp3) is 0.400. The van der Waals surface area contributed by atoms with Crippen molar-refractivity contribution in [2.24, 2.45) is 0 Å². The monoisotopic (exact) mass is 414 g/mol. The Morgan fingerprint density at radius 1 is 0.742 bits per heavy atom. The first-order valence-electron chi connectivity index (χ1n) is 11.9. The number of hydrogen-bond donors (Lipinski definition) is 0. The SMILES string of the molecule is CCCCCCC(Oc1cc(C)c(-c2ccc(C(C)C)cc2)c(C)c1)c1ccccc1. The molecule has 0 amide bonds. The zero-order valence-corrected chi connectivity index (χ0v) is 19.9. The van der Waals surface area contributed by atoms with Crippen LogP contribution < -0.4 is 4.74 Å². The molecule has 0 saturated carbocycles. The minimum absolute atomic E-state index is 0.105. The van der Waals surface area contributed by atoms with Gasteiger partial charge >= 0.3 is 0 Å². The normalized spacial score (nSPS) is 12.2. The third-order valence-corrected chi connectivity index (χ3v) is 6.14. The van der Waals surface area contributed by atoms with E-state index in [0.29, 0.717) is 5.92 Å². The molecule has 1 unspecified atom stereocenters. The van der Waals surface area contributed by atoms with Gasteiger partial charge in [0.05, 0.1) is 0 Å². The van der Waals surface area contributed by atoms with Crippen molar-refractivity contribution >= 4 is 0 Å². The van der Waals surface area contributed by atoms with Gasteiger partial charge in [-0.1, -0.05) is 94.6 Å². The van der Waals surface area contributed by atoms with Gasteiger partial charge < -0.3 is 4.74 Å². The molecular formula is C30H38O. The fourth-order valence-corrected chi connectivity index (χ4v) is 4.36. The van der Waals surface area contributed by atoms with Crippen LogP contribution in [-0.2, 0) is 0 Å². The molecule has 1 nitrogen and oxygen atoms in total. The lowest BCUT2D eigenvalue weighted by Crippen LogP contribution is -2.08. The summed E-state index contributed by atoms with van der Waals surface area (Å²) in [5.41, 5.74) is 7.79. The molecule has 0 spiro atoms. The van der Waals surface area contributed by atoms with Crippen molar-refractivity contribution in [3.8, 4) is 16.9 Å². The van der Waals surface area contributed by atoms with Crippen LogP contribution in [0.2, 0.25) is 0 Å². The van der Waals surface area contributed by atoms with Gasteiger partial charge in [0.1, 0.15) is 11.9 Å². The minimum atomic E-state index is 0.105. The third kappa shape index (κ3) is 6.23. The molecular weight excluding hydrogens is 376 g/mol. The predicted octanol–water partition coefficient (Wildman–Crippen LogP) is 9.18. The summed E-state index contributed by atoms with van der Waals surface area (Å²) in [7, 11) is 0.